The number of hydrogen-bond acceptors (Lipinski definition) is 5. The number of furan rings is 1. The highest BCUT2D eigenvalue weighted by molar-refractivity contribution is 6.07. The van der Waals surface area contributed by atoms with E-state index in [0.29, 0.717) is 5.76 Å². The number of nitrogens with zero attached hydrogens (tertiary/aromatic N) is 3. The quantitative estimate of drug-likeness (QED) is 0.469. The van der Waals surface area contributed by atoms with Crippen LogP contribution in [-0.4, -0.2) is 36.1 Å². The second-order valence-electron chi connectivity index (χ2n) is 8.68. The van der Waals surface area contributed by atoms with Gasteiger partial charge in [0.1, 0.15) is 5.76 Å². The van der Waals surface area contributed by atoms with Gasteiger partial charge in [-0.2, -0.15) is 10.1 Å². The van der Waals surface area contributed by atoms with Crippen LogP contribution in [0.15, 0.2) is 33.8 Å². The van der Waals surface area contributed by atoms with Crippen molar-refractivity contribution in [2.45, 2.75) is 32.1 Å². The summed E-state index contributed by atoms with van der Waals surface area (Å²) < 4.78 is 5.86. The van der Waals surface area contributed by atoms with Crippen molar-refractivity contribution in [1.29, 1.82) is 0 Å². The van der Waals surface area contributed by atoms with Crippen molar-refractivity contribution in [3.8, 4) is 0 Å². The Morgan fingerprint density at radius 3 is 2.30 bits per heavy atom. The molecule has 5 aliphatic rings. The molecule has 2 bridgehead atoms. The van der Waals surface area contributed by atoms with Crippen LogP contribution in [0.25, 0.3) is 0 Å². The first-order valence-electron chi connectivity index (χ1n) is 10.1. The molecule has 4 fully saturated rings. The summed E-state index contributed by atoms with van der Waals surface area (Å²) in [7, 11) is 0. The Balaban J connectivity index is 1.21. The van der Waals surface area contributed by atoms with E-state index < -0.39 is 0 Å². The largest absolute Gasteiger partial charge is 0.440 e. The fourth-order valence-electron chi connectivity index (χ4n) is 5.99. The molecule has 4 atom stereocenters. The normalized spacial score (nSPS) is 35.9. The van der Waals surface area contributed by atoms with Crippen LogP contribution in [0, 0.1) is 29.1 Å². The van der Waals surface area contributed by atoms with E-state index in [2.05, 4.69) is 22.2 Å². The molecule has 6 nitrogen and oxygen atoms in total. The molecule has 27 heavy (non-hydrogen) atoms. The van der Waals surface area contributed by atoms with Crippen LogP contribution < -0.4 is 4.90 Å². The second-order valence-corrected chi connectivity index (χ2v) is 8.68. The van der Waals surface area contributed by atoms with Crippen LogP contribution in [0.4, 0.5) is 5.88 Å². The van der Waals surface area contributed by atoms with Crippen molar-refractivity contribution in [3.63, 3.8) is 0 Å². The Morgan fingerprint density at radius 2 is 1.67 bits per heavy atom. The van der Waals surface area contributed by atoms with Crippen LogP contribution in [0.3, 0.4) is 0 Å². The Bertz CT molecular complexity index is 841. The molecule has 0 N–H and O–H groups in total. The Labute approximate surface area is 157 Å². The highest BCUT2D eigenvalue weighted by Crippen LogP contribution is 2.73. The Morgan fingerprint density at radius 1 is 1.00 bits per heavy atom. The lowest BCUT2D eigenvalue weighted by atomic mass is 9.85. The van der Waals surface area contributed by atoms with Gasteiger partial charge in [-0.3, -0.25) is 9.59 Å². The van der Waals surface area contributed by atoms with Crippen LogP contribution in [0.1, 0.15) is 37.9 Å². The van der Waals surface area contributed by atoms with Gasteiger partial charge < -0.3 is 9.32 Å². The predicted octanol–water partition coefficient (Wildman–Crippen LogP) is 2.80. The van der Waals surface area contributed by atoms with E-state index in [1.807, 2.05) is 12.1 Å². The smallest absolute Gasteiger partial charge is 0.254 e. The molecule has 1 aromatic rings. The zero-order chi connectivity index (χ0) is 18.2. The molecule has 2 amide bonds. The van der Waals surface area contributed by atoms with Gasteiger partial charge in [0, 0.05) is 19.2 Å². The van der Waals surface area contributed by atoms with Crippen molar-refractivity contribution in [2.24, 2.45) is 34.2 Å². The van der Waals surface area contributed by atoms with Gasteiger partial charge in [-0.15, -0.1) is 0 Å². The molecule has 2 aliphatic heterocycles. The number of carbonyl (C=O) groups is 2. The SMILES string of the molecule is O=C1[C@@H]2[C@H](C(=O)N1/N=C\c1ccc(N3CCCCC3)o1)[C@@H]1C=C[C@H]2C12CC2. The average molecular weight is 365 g/mol. The third-order valence-corrected chi connectivity index (χ3v) is 7.41. The highest BCUT2D eigenvalue weighted by Gasteiger charge is 2.73. The van der Waals surface area contributed by atoms with Crippen LogP contribution in [0.5, 0.6) is 0 Å². The minimum Gasteiger partial charge on any atom is -0.440 e. The van der Waals surface area contributed by atoms with Gasteiger partial charge in [-0.1, -0.05) is 12.2 Å². The number of allylic oxidation sites excluding steroid dienone is 2. The van der Waals surface area contributed by atoms with E-state index in [9.17, 15) is 9.59 Å². The molecule has 1 spiro atoms. The molecule has 2 saturated carbocycles. The molecule has 2 saturated heterocycles. The summed E-state index contributed by atoms with van der Waals surface area (Å²) in [5.41, 5.74) is 0.223. The summed E-state index contributed by atoms with van der Waals surface area (Å²) in [4.78, 5) is 28.0. The zero-order valence-corrected chi connectivity index (χ0v) is 15.2. The maximum Gasteiger partial charge on any atom is 0.254 e. The maximum atomic E-state index is 12.9. The molecule has 6 heteroatoms. The van der Waals surface area contributed by atoms with E-state index in [1.165, 1.54) is 25.5 Å². The summed E-state index contributed by atoms with van der Waals surface area (Å²) in [6.45, 7) is 2.02. The molecule has 3 heterocycles. The van der Waals surface area contributed by atoms with Gasteiger partial charge in [0.05, 0.1) is 18.1 Å². The molecular weight excluding hydrogens is 342 g/mol. The third kappa shape index (κ3) is 2.04. The van der Waals surface area contributed by atoms with Crippen LogP contribution >= 0.6 is 0 Å². The monoisotopic (exact) mass is 365 g/mol. The van der Waals surface area contributed by atoms with Gasteiger partial charge in [-0.25, -0.2) is 0 Å². The number of hydrogen-bond donors (Lipinski definition) is 0. The number of fused-ring (bicyclic) bond motifs is 3. The van der Waals surface area contributed by atoms with E-state index in [0.717, 1.165) is 36.8 Å². The topological polar surface area (TPSA) is 66.1 Å². The number of anilines is 1. The van der Waals surface area contributed by atoms with Crippen LogP contribution in [-0.2, 0) is 9.59 Å². The number of imide groups is 1. The number of piperidine rings is 1. The van der Waals surface area contributed by atoms with Crippen molar-refractivity contribution >= 4 is 23.9 Å². The Kier molecular flexibility index (Phi) is 3.09. The standard InChI is InChI=1S/C21H23N3O3/c25-19-17-14-5-6-15(21(14)8-9-21)18(17)20(26)24(19)22-12-13-4-7-16(27-13)23-10-2-1-3-11-23/h4-7,12,14-15,17-18H,1-3,8-11H2/b22-12-/t14-,15+,17+,18-. The number of carbonyl (C=O) groups excluding carboxylic acids is 2. The van der Waals surface area contributed by atoms with Gasteiger partial charge in [0.15, 0.2) is 5.88 Å². The second kappa shape index (κ2) is 5.33. The van der Waals surface area contributed by atoms with E-state index in [-0.39, 0.29) is 40.9 Å². The number of amides is 2. The van der Waals surface area contributed by atoms with Gasteiger partial charge >= 0.3 is 0 Å². The molecule has 3 aliphatic carbocycles. The summed E-state index contributed by atoms with van der Waals surface area (Å²) in [5.74, 6) is 1.22. The molecule has 140 valence electrons. The summed E-state index contributed by atoms with van der Waals surface area (Å²) in [6, 6.07) is 3.79. The summed E-state index contributed by atoms with van der Waals surface area (Å²) in [5, 5.41) is 5.33. The zero-order valence-electron chi connectivity index (χ0n) is 15.2. The minimum atomic E-state index is -0.201. The fraction of sp³-hybridized carbons (Fsp3) is 0.571. The first-order chi connectivity index (χ1) is 13.2. The van der Waals surface area contributed by atoms with E-state index in [4.69, 9.17) is 4.42 Å². The number of rotatable bonds is 3. The average Bonchev–Trinajstić information content (AvgIpc) is 2.98. The lowest BCUT2D eigenvalue weighted by Gasteiger charge is -2.25. The van der Waals surface area contributed by atoms with Crippen molar-refractivity contribution in [1.82, 2.24) is 5.01 Å². The van der Waals surface area contributed by atoms with Gasteiger partial charge in [0.2, 0.25) is 0 Å². The van der Waals surface area contributed by atoms with Crippen LogP contribution in [0.2, 0.25) is 0 Å². The summed E-state index contributed by atoms with van der Waals surface area (Å²) >= 11 is 0. The predicted molar refractivity (Wildman–Crippen MR) is 99.0 cm³/mol. The molecule has 0 aromatic carbocycles. The van der Waals surface area contributed by atoms with Crippen molar-refractivity contribution < 1.29 is 14.0 Å². The fourth-order valence-corrected chi connectivity index (χ4v) is 5.99. The molecule has 0 radical (unpaired) electrons. The molecular formula is C21H23N3O3. The van der Waals surface area contributed by atoms with E-state index >= 15 is 0 Å². The number of hydrazone groups is 1. The highest BCUT2D eigenvalue weighted by atomic mass is 16.4. The van der Waals surface area contributed by atoms with Gasteiger partial charge in [0.25, 0.3) is 11.8 Å². The maximum absolute atomic E-state index is 12.9. The van der Waals surface area contributed by atoms with Crippen molar-refractivity contribution in [3.05, 3.63) is 30.0 Å². The lowest BCUT2D eigenvalue weighted by Crippen LogP contribution is -2.30. The molecule has 1 aromatic heterocycles. The minimum absolute atomic E-state index is 0.132. The van der Waals surface area contributed by atoms with Gasteiger partial charge in [-0.05, 0) is 55.4 Å². The molecule has 0 unspecified atom stereocenters. The first kappa shape index (κ1) is 15.7. The summed E-state index contributed by atoms with van der Waals surface area (Å²) in [6.07, 6.45) is 11.8. The third-order valence-electron chi connectivity index (χ3n) is 7.41. The van der Waals surface area contributed by atoms with E-state index in [1.54, 1.807) is 0 Å². The Hall–Kier alpha value is -2.37. The van der Waals surface area contributed by atoms with Crippen molar-refractivity contribution in [2.75, 3.05) is 18.0 Å². The first-order valence-corrected chi connectivity index (χ1v) is 10.1. The lowest BCUT2D eigenvalue weighted by molar-refractivity contribution is -0.141. The molecule has 6 rings (SSSR count).